The van der Waals surface area contributed by atoms with Gasteiger partial charge in [0.05, 0.1) is 34.9 Å². The molecule has 6 amide bonds. The summed E-state index contributed by atoms with van der Waals surface area (Å²) in [5.41, 5.74) is 8.87. The van der Waals surface area contributed by atoms with E-state index in [4.69, 9.17) is 9.47 Å². The molecule has 0 atom stereocenters. The molecule has 2 aromatic heterocycles. The maximum atomic E-state index is 16.9. The Kier molecular flexibility index (Phi) is 31.0. The molecule has 2 bridgehead atoms. The summed E-state index contributed by atoms with van der Waals surface area (Å²) in [5.74, 6) is -3.00. The van der Waals surface area contributed by atoms with E-state index in [9.17, 15) is 62.4 Å². The highest BCUT2D eigenvalue weighted by atomic mass is 32.2. The highest BCUT2D eigenvalue weighted by molar-refractivity contribution is 7.89. The molecule has 0 unspecified atom stereocenters. The number of sulfonamides is 2. The minimum atomic E-state index is -4.20. The molecule has 4 saturated heterocycles. The highest BCUT2D eigenvalue weighted by Gasteiger charge is 2.36. The number of rotatable bonds is 25. The number of aromatic nitrogens is 2. The molecule has 6 fully saturated rings. The van der Waals surface area contributed by atoms with Crippen LogP contribution < -0.4 is 49.2 Å². The average molecular weight is 1840 g/mol. The lowest BCUT2D eigenvalue weighted by atomic mass is 9.81. The molecule has 2 saturated carbocycles. The Morgan fingerprint density at radius 2 is 1.10 bits per heavy atom. The van der Waals surface area contributed by atoms with Gasteiger partial charge in [-0.2, -0.15) is 34.1 Å². The summed E-state index contributed by atoms with van der Waals surface area (Å²) in [5, 5.41) is 7.15. The Morgan fingerprint density at radius 3 is 1.59 bits per heavy atom. The van der Waals surface area contributed by atoms with E-state index < -0.39 is 63.9 Å². The molecule has 0 radical (unpaired) electrons. The zero-order valence-electron chi connectivity index (χ0n) is 71.3. The molecule has 4 N–H and O–H groups in total. The molecule has 688 valence electrons. The number of carbonyl (C=O) groups excluding carboxylic acids is 6. The van der Waals surface area contributed by atoms with E-state index in [1.54, 1.807) is 97.8 Å². The molecular formula is C92H116F2N14O16S4. The zero-order chi connectivity index (χ0) is 89.5. The van der Waals surface area contributed by atoms with Gasteiger partial charge >= 0.3 is 20.4 Å². The lowest BCUT2D eigenvalue weighted by Crippen LogP contribution is -2.48. The number of halogens is 2. The molecule has 6 aromatic carbocycles. The third-order valence-corrected chi connectivity index (χ3v) is 30.0. The first-order valence-electron chi connectivity index (χ1n) is 42.7. The SMILES string of the molecule is C.C.C=CCNC(=O)Cn1c(-c2ccc(OCc3cc(N4CCCC4=O)ccc3N3CCN(S(C)(=O)=O)CC3)cc2F)c(C2CCCCC2)c2ccc(C(=O)NS(=O)(=O)N(C)CC=C)cc21.CN1C/C=C\CNC(=O)Cn2c(-c3ccc(OCc4cc(N5CCCC5=O)ccc4N4CCN(S(C)(=O)=O)CC4)cc3F)c(C3CCCCC3)c3ccc(cc32)C(=O)NS1(=O)=O. The van der Waals surface area contributed by atoms with Crippen LogP contribution >= 0.6 is 0 Å². The number of hydrogen-bond acceptors (Lipinski definition) is 18. The van der Waals surface area contributed by atoms with Gasteiger partial charge in [-0.25, -0.2) is 35.1 Å². The van der Waals surface area contributed by atoms with Crippen LogP contribution in [0, 0.1) is 11.6 Å². The molecule has 30 nitrogen and oxygen atoms in total. The van der Waals surface area contributed by atoms with E-state index in [-0.39, 0.29) is 137 Å². The van der Waals surface area contributed by atoms with Crippen molar-refractivity contribution in [2.24, 2.45) is 0 Å². The van der Waals surface area contributed by atoms with Gasteiger partial charge in [0, 0.05) is 198 Å². The topological polar surface area (TPSA) is 341 Å². The van der Waals surface area contributed by atoms with Gasteiger partial charge in [0.15, 0.2) is 0 Å². The molecule has 36 heteroatoms. The zero-order valence-corrected chi connectivity index (χ0v) is 74.6. The van der Waals surface area contributed by atoms with Crippen molar-refractivity contribution in [2.45, 2.75) is 143 Å². The second-order valence-electron chi connectivity index (χ2n) is 33.0. The van der Waals surface area contributed by atoms with Crippen molar-refractivity contribution in [1.29, 1.82) is 0 Å². The summed E-state index contributed by atoms with van der Waals surface area (Å²) >= 11 is 0. The van der Waals surface area contributed by atoms with Crippen molar-refractivity contribution in [3.63, 3.8) is 0 Å². The lowest BCUT2D eigenvalue weighted by Gasteiger charge is -2.36. The van der Waals surface area contributed by atoms with E-state index in [1.807, 2.05) is 36.4 Å². The van der Waals surface area contributed by atoms with Crippen LogP contribution in [0.2, 0.25) is 0 Å². The number of hydrogen-bond donors (Lipinski definition) is 4. The second-order valence-corrected chi connectivity index (χ2v) is 40.5. The molecule has 5 aliphatic heterocycles. The number of nitrogens with one attached hydrogen (secondary N) is 4. The molecule has 7 aliphatic rings. The van der Waals surface area contributed by atoms with Gasteiger partial charge in [-0.1, -0.05) is 89.8 Å². The number of likely N-dealkylation sites (N-methyl/N-ethyl adjacent to an activating group) is 2. The van der Waals surface area contributed by atoms with E-state index in [0.717, 1.165) is 141 Å². The third-order valence-electron chi connectivity index (χ3n) is 24.6. The number of piperazine rings is 2. The van der Waals surface area contributed by atoms with Crippen LogP contribution in [0.4, 0.5) is 31.5 Å². The molecular weight excluding hydrogens is 1720 g/mol. The fourth-order valence-corrected chi connectivity index (χ4v) is 21.3. The second kappa shape index (κ2) is 41.3. The smallest absolute Gasteiger partial charge is 0.304 e. The quantitative estimate of drug-likeness (QED) is 0.0386. The lowest BCUT2D eigenvalue weighted by molar-refractivity contribution is -0.122. The Labute approximate surface area is 749 Å². The van der Waals surface area contributed by atoms with Gasteiger partial charge in [-0.05, 0) is 146 Å². The van der Waals surface area contributed by atoms with Gasteiger partial charge in [0.1, 0.15) is 49.4 Å². The van der Waals surface area contributed by atoms with Crippen molar-refractivity contribution < 1.29 is 80.7 Å². The summed E-state index contributed by atoms with van der Waals surface area (Å²) < 4.78 is 160. The molecule has 128 heavy (non-hydrogen) atoms. The van der Waals surface area contributed by atoms with Crippen LogP contribution in [0.1, 0.15) is 160 Å². The summed E-state index contributed by atoms with van der Waals surface area (Å²) in [6.45, 7) is 11.5. The molecule has 0 spiro atoms. The third kappa shape index (κ3) is 21.8. The van der Waals surface area contributed by atoms with Gasteiger partial charge in [0.25, 0.3) is 11.8 Å². The van der Waals surface area contributed by atoms with E-state index in [0.29, 0.717) is 101 Å². The first-order valence-corrected chi connectivity index (χ1v) is 49.3. The molecule has 15 rings (SSSR count). The number of carbonyl (C=O) groups is 6. The summed E-state index contributed by atoms with van der Waals surface area (Å²) in [4.78, 5) is 87.2. The molecule has 7 heterocycles. The van der Waals surface area contributed by atoms with Crippen LogP contribution in [-0.4, -0.2) is 214 Å². The average Bonchev–Trinajstić information content (AvgIpc) is 1.58. The van der Waals surface area contributed by atoms with Gasteiger partial charge in [-0.15, -0.1) is 13.2 Å². The van der Waals surface area contributed by atoms with Gasteiger partial charge in [0.2, 0.25) is 43.7 Å². The number of amides is 6. The van der Waals surface area contributed by atoms with Crippen LogP contribution in [0.5, 0.6) is 11.5 Å². The normalized spacial score (nSPS) is 18.3. The van der Waals surface area contributed by atoms with Crippen LogP contribution in [0.15, 0.2) is 147 Å². The predicted octanol–water partition coefficient (Wildman–Crippen LogP) is 11.8. The number of fused-ring (bicyclic) bond motifs is 2. The number of nitrogens with zero attached hydrogens (tertiary/aromatic N) is 10. The first kappa shape index (κ1) is 96.2. The fourth-order valence-electron chi connectivity index (χ4n) is 18.1. The van der Waals surface area contributed by atoms with E-state index in [1.165, 1.54) is 53.4 Å². The Hall–Kier alpha value is -10.9. The summed E-state index contributed by atoms with van der Waals surface area (Å²) in [6.07, 6.45) is 20.4. The Bertz CT molecular complexity index is 6050. The predicted molar refractivity (Wildman–Crippen MR) is 495 cm³/mol. The van der Waals surface area contributed by atoms with Crippen molar-refractivity contribution in [2.75, 3.05) is 138 Å². The monoisotopic (exact) mass is 1840 g/mol. The van der Waals surface area contributed by atoms with Gasteiger partial charge < -0.3 is 48.8 Å². The standard InChI is InChI=1S/C46H56FN7O8S2.C44H52FN7O8S2.2CH4/c1-5-20-48-42(55)30-54-41-28-33(46(57)49-64(60,61)50(3)21-6-2)14-17-38(41)44(32-11-8-7-9-12-32)45(54)37-18-16-36(29-39(37)47)62-31-34-27-35(53-22-10-13-43(53)56)15-19-40(34)51-23-25-52(26-24-51)63(4,58)59;1-48-19-7-6-18-46-40(53)28-52-39-26-31(44(55)47-62(48,58)59)12-15-36(39)42(30-9-4-3-5-10-30)43(52)35-16-14-34(27-37(35)45)60-29-32-25-33(51-20-8-11-41(51)54)13-17-38(32)49-21-23-50(24-22-49)61(2,56)57;;/h5-6,14-19,27-29,32H,1-2,7-13,20-26,30-31H2,3-4H3,(H,48,55)(H,49,57);6-7,12-17,25-27,30H,3-5,8-11,18-24,28-29H2,1-2H3,(H,46,53)(H,47,55);2*1H4/b;7-6-;;. The van der Waals surface area contributed by atoms with E-state index >= 15 is 8.78 Å². The molecule has 8 aromatic rings. The fraction of sp³-hybridized carbons (Fsp3) is 0.435. The number of anilines is 4. The van der Waals surface area contributed by atoms with E-state index in [2.05, 4.69) is 43.0 Å². The van der Waals surface area contributed by atoms with Crippen LogP contribution in [-0.2, 0) is 85.9 Å². The van der Waals surface area contributed by atoms with Crippen molar-refractivity contribution >= 4 is 120 Å². The minimum Gasteiger partial charge on any atom is -0.489 e. The number of benzene rings is 6. The first-order chi connectivity index (χ1) is 60.3. The molecule has 2 aliphatic carbocycles. The highest BCUT2D eigenvalue weighted by Crippen LogP contribution is 2.48. The van der Waals surface area contributed by atoms with Crippen molar-refractivity contribution in [3.8, 4) is 34.0 Å². The van der Waals surface area contributed by atoms with Crippen molar-refractivity contribution in [3.05, 3.63) is 192 Å². The largest absolute Gasteiger partial charge is 0.489 e. The Morgan fingerprint density at radius 1 is 0.594 bits per heavy atom. The van der Waals surface area contributed by atoms with Gasteiger partial charge in [-0.3, -0.25) is 28.8 Å². The maximum absolute atomic E-state index is 16.9. The van der Waals surface area contributed by atoms with Crippen LogP contribution in [0.25, 0.3) is 44.3 Å². The minimum absolute atomic E-state index is 0. The summed E-state index contributed by atoms with van der Waals surface area (Å²) in [7, 11) is -12.4. The summed E-state index contributed by atoms with van der Waals surface area (Å²) in [6, 6.07) is 30.4. The van der Waals surface area contributed by atoms with Crippen LogP contribution in [0.3, 0.4) is 0 Å². The number of ether oxygens (including phenoxy) is 2. The Balaban J connectivity index is 0.000000229. The maximum Gasteiger partial charge on any atom is 0.304 e. The van der Waals surface area contributed by atoms with Crippen molar-refractivity contribution in [1.82, 2.24) is 46.4 Å².